The number of aliphatic hydroxyl groups excluding tert-OH is 1. The Bertz CT molecular complexity index is 1610. The van der Waals surface area contributed by atoms with Crippen molar-refractivity contribution in [2.24, 2.45) is 0 Å². The van der Waals surface area contributed by atoms with E-state index in [1.54, 1.807) is 0 Å². The lowest BCUT2D eigenvalue weighted by Crippen LogP contribution is -2.29. The highest BCUT2D eigenvalue weighted by Crippen LogP contribution is 2.66. The first kappa shape index (κ1) is 36.9. The van der Waals surface area contributed by atoms with Gasteiger partial charge in [-0.1, -0.05) is 11.8 Å². The third kappa shape index (κ3) is 9.96. The van der Waals surface area contributed by atoms with Crippen LogP contribution in [0, 0.1) is 29.7 Å². The van der Waals surface area contributed by atoms with Crippen molar-refractivity contribution in [3.05, 3.63) is 45.7 Å². The van der Waals surface area contributed by atoms with Gasteiger partial charge in [-0.25, -0.2) is 18.5 Å². The third-order valence-corrected chi connectivity index (χ3v) is 18.2. The maximum atomic E-state index is 12.6. The van der Waals surface area contributed by atoms with Gasteiger partial charge in [0.05, 0.1) is 23.8 Å². The van der Waals surface area contributed by atoms with Crippen LogP contribution in [0.25, 0.3) is 0 Å². The zero-order chi connectivity index (χ0) is 31.1. The monoisotopic (exact) mass is 1200 g/mol. The Labute approximate surface area is 299 Å². The van der Waals surface area contributed by atoms with Gasteiger partial charge in [0.15, 0.2) is 0 Å². The molecule has 0 aliphatic carbocycles. The van der Waals surface area contributed by atoms with Crippen molar-refractivity contribution in [1.82, 2.24) is 9.55 Å². The maximum Gasteiger partial charge on any atom is 0.490 e. The number of nitrogens with zero attached hydrogens (tertiary/aromatic N) is 2. The summed E-state index contributed by atoms with van der Waals surface area (Å²) in [6, 6.07) is 0. The summed E-state index contributed by atoms with van der Waals surface area (Å²) >= 11 is 11.1. The highest BCUT2D eigenvalue weighted by Gasteiger charge is 2.43. The molecule has 226 valence electrons. The van der Waals surface area contributed by atoms with E-state index in [1.165, 1.54) is 6.20 Å². The molecule has 1 aliphatic rings. The van der Waals surface area contributed by atoms with Gasteiger partial charge in [0.1, 0.15) is 18.1 Å². The van der Waals surface area contributed by atoms with Gasteiger partial charge in [0.25, 0.3) is 0 Å². The minimum absolute atomic E-state index is 0.138. The Morgan fingerprint density at radius 3 is 2.10 bits per heavy atom. The van der Waals surface area contributed by atoms with Crippen molar-refractivity contribution in [3.63, 3.8) is 0 Å². The SMILES string of the molecule is Nc1nc(=O)n([C@H]2C[C@@H](O)[C@@H](COP(=O)(O)OP(=O)(O)OP(=O)(O)O)O2)cc1C#Cc1c(I)c(I)c(I)c(I)c1I. The van der Waals surface area contributed by atoms with Crippen LogP contribution in [0.4, 0.5) is 5.82 Å². The molecule has 3 rings (SSSR count). The van der Waals surface area contributed by atoms with Gasteiger partial charge in [0, 0.05) is 30.5 Å². The van der Waals surface area contributed by atoms with Crippen molar-refractivity contribution in [2.75, 3.05) is 12.3 Å². The van der Waals surface area contributed by atoms with Crippen LogP contribution in [0.1, 0.15) is 23.8 Å². The Kier molecular flexibility index (Phi) is 13.0. The zero-order valence-corrected chi connectivity index (χ0v) is 32.9. The Morgan fingerprint density at radius 2 is 1.54 bits per heavy atom. The number of aliphatic hydroxyl groups is 1. The average Bonchev–Trinajstić information content (AvgIpc) is 3.19. The highest BCUT2D eigenvalue weighted by molar-refractivity contribution is 14.1. The van der Waals surface area contributed by atoms with E-state index in [1.807, 2.05) is 0 Å². The summed E-state index contributed by atoms with van der Waals surface area (Å²) in [4.78, 5) is 52.4. The van der Waals surface area contributed by atoms with Gasteiger partial charge < -0.3 is 35.2 Å². The van der Waals surface area contributed by atoms with E-state index in [0.29, 0.717) is 0 Å². The molecule has 0 saturated carbocycles. The summed E-state index contributed by atoms with van der Waals surface area (Å²) in [5.74, 6) is 5.85. The van der Waals surface area contributed by atoms with Gasteiger partial charge in [0.2, 0.25) is 0 Å². The average molecular weight is 1200 g/mol. The fourth-order valence-electron chi connectivity index (χ4n) is 3.14. The summed E-state index contributed by atoms with van der Waals surface area (Å²) < 4.78 is 57.6. The number of hydrogen-bond donors (Lipinski definition) is 6. The molecular weight excluding hydrogens is 1180 g/mol. The smallest absolute Gasteiger partial charge is 0.390 e. The second-order valence-corrected chi connectivity index (χ2v) is 17.6. The van der Waals surface area contributed by atoms with Crippen molar-refractivity contribution >= 4 is 142 Å². The molecule has 7 N–H and O–H groups in total. The molecule has 5 atom stereocenters. The molecule has 0 radical (unpaired) electrons. The fraction of sp³-hybridized carbons (Fsp3) is 0.294. The van der Waals surface area contributed by atoms with Gasteiger partial charge in [-0.2, -0.15) is 13.6 Å². The van der Waals surface area contributed by atoms with E-state index in [2.05, 4.69) is 143 Å². The predicted octanol–water partition coefficient (Wildman–Crippen LogP) is 3.24. The van der Waals surface area contributed by atoms with Gasteiger partial charge in [-0.3, -0.25) is 9.09 Å². The number of rotatable bonds is 8. The van der Waals surface area contributed by atoms with Crippen molar-refractivity contribution in [3.8, 4) is 11.8 Å². The van der Waals surface area contributed by atoms with Gasteiger partial charge in [-0.15, -0.1) is 0 Å². The van der Waals surface area contributed by atoms with E-state index in [4.69, 9.17) is 20.3 Å². The zero-order valence-electron chi connectivity index (χ0n) is 19.4. The number of nitrogens with two attached hydrogens (primary N) is 1. The summed E-state index contributed by atoms with van der Waals surface area (Å²) in [6.07, 6.45) is -2.75. The molecule has 0 bridgehead atoms. The molecule has 0 amide bonds. The molecule has 1 fully saturated rings. The molecule has 0 spiro atoms. The van der Waals surface area contributed by atoms with Crippen molar-refractivity contribution in [2.45, 2.75) is 24.9 Å². The molecule has 1 aromatic heterocycles. The van der Waals surface area contributed by atoms with Crippen LogP contribution in [0.5, 0.6) is 0 Å². The molecule has 1 saturated heterocycles. The quantitative estimate of drug-likeness (QED) is 0.0730. The lowest BCUT2D eigenvalue weighted by atomic mass is 10.2. The van der Waals surface area contributed by atoms with Crippen LogP contribution in [0.15, 0.2) is 11.0 Å². The molecule has 2 heterocycles. The van der Waals surface area contributed by atoms with Gasteiger partial charge >= 0.3 is 29.2 Å². The van der Waals surface area contributed by atoms with E-state index in [0.717, 1.165) is 28.0 Å². The number of aromatic nitrogens is 2. The van der Waals surface area contributed by atoms with E-state index >= 15 is 0 Å². The number of nitrogen functional groups attached to an aromatic ring is 1. The van der Waals surface area contributed by atoms with Crippen LogP contribution >= 0.6 is 136 Å². The largest absolute Gasteiger partial charge is 0.490 e. The van der Waals surface area contributed by atoms with E-state index in [-0.39, 0.29) is 17.8 Å². The molecule has 1 aromatic carbocycles. The molecule has 2 aromatic rings. The second kappa shape index (κ2) is 14.5. The Morgan fingerprint density at radius 1 is 0.976 bits per heavy atom. The first-order valence-electron chi connectivity index (χ1n) is 10.3. The molecule has 24 heteroatoms. The van der Waals surface area contributed by atoms with Crippen LogP contribution < -0.4 is 11.4 Å². The maximum absolute atomic E-state index is 12.6. The van der Waals surface area contributed by atoms with E-state index < -0.39 is 54.2 Å². The topological polar surface area (TPSA) is 250 Å². The minimum Gasteiger partial charge on any atom is -0.390 e. The number of hydrogen-bond acceptors (Lipinski definition) is 11. The molecule has 41 heavy (non-hydrogen) atoms. The number of ether oxygens (including phenoxy) is 1. The molecule has 16 nitrogen and oxygen atoms in total. The number of halogens is 5. The summed E-state index contributed by atoms with van der Waals surface area (Å²) in [5.41, 5.74) is 6.05. The second-order valence-electron chi connectivity index (χ2n) is 7.74. The number of benzene rings is 1. The van der Waals surface area contributed by atoms with Crippen LogP contribution in [-0.4, -0.2) is 53.0 Å². The van der Waals surface area contributed by atoms with Crippen LogP contribution in [0.3, 0.4) is 0 Å². The third-order valence-electron chi connectivity index (χ3n) is 4.85. The Hall–Kier alpha value is 1.44. The first-order chi connectivity index (χ1) is 18.7. The van der Waals surface area contributed by atoms with Crippen molar-refractivity contribution in [1.29, 1.82) is 0 Å². The van der Waals surface area contributed by atoms with E-state index in [9.17, 15) is 33.4 Å². The normalized spacial score (nSPS) is 22.0. The predicted molar refractivity (Wildman–Crippen MR) is 183 cm³/mol. The number of phosphoric ester groups is 1. The van der Waals surface area contributed by atoms with Crippen LogP contribution in [-0.2, 0) is 31.6 Å². The number of phosphoric acid groups is 3. The Balaban J connectivity index is 1.80. The number of anilines is 1. The lowest BCUT2D eigenvalue weighted by molar-refractivity contribution is -0.0449. The highest BCUT2D eigenvalue weighted by atomic mass is 127. The molecular formula is C17H15I5N3O13P3. The summed E-state index contributed by atoms with van der Waals surface area (Å²) in [5, 5.41) is 10.4. The minimum atomic E-state index is -5.72. The van der Waals surface area contributed by atoms with Crippen LogP contribution in [0.2, 0.25) is 0 Å². The summed E-state index contributed by atoms with van der Waals surface area (Å²) in [7, 11) is -16.7. The molecule has 1 aliphatic heterocycles. The first-order valence-corrected chi connectivity index (χ1v) is 20.2. The summed E-state index contributed by atoms with van der Waals surface area (Å²) in [6.45, 7) is -0.897. The van der Waals surface area contributed by atoms with Crippen molar-refractivity contribution < 1.29 is 56.3 Å². The fourth-order valence-corrected chi connectivity index (χ4v) is 11.2. The standard InChI is InChI=1S/C17H15I5N3O13P3/c18-11-7(12(19)14(21)15(22)13(11)20)2-1-6-4-25(17(27)24-16(6)23)10-3-8(26)9(36-10)5-35-40(31,32)38-41(33,34)37-39(28,29)30/h4,8-10,26H,3,5H2,(H,31,32)(H,33,34)(H2,23,24,27)(H2,28,29,30)/t8-,9-,10-/m1/s1. The van der Waals surface area contributed by atoms with Gasteiger partial charge in [-0.05, 0) is 113 Å². The lowest BCUT2D eigenvalue weighted by Gasteiger charge is -2.19. The molecule has 2 unspecified atom stereocenters.